The Balaban J connectivity index is 1.57. The molecule has 24 heavy (non-hydrogen) atoms. The number of aromatic nitrogens is 2. The highest BCUT2D eigenvalue weighted by Crippen LogP contribution is 2.30. The van der Waals surface area contributed by atoms with Gasteiger partial charge in [-0.15, -0.1) is 0 Å². The van der Waals surface area contributed by atoms with Gasteiger partial charge in [0.2, 0.25) is 5.91 Å². The van der Waals surface area contributed by atoms with Crippen molar-refractivity contribution in [3.8, 4) is 0 Å². The predicted octanol–water partition coefficient (Wildman–Crippen LogP) is 2.21. The van der Waals surface area contributed by atoms with Crippen molar-refractivity contribution in [2.24, 2.45) is 7.05 Å². The molecule has 0 bridgehead atoms. The van der Waals surface area contributed by atoms with E-state index in [1.807, 2.05) is 11.9 Å². The molecule has 0 spiro atoms. The number of carbonyl (C=O) groups excluding carboxylic acids is 2. The molecular formula is C17H27N5O2. The monoisotopic (exact) mass is 333 g/mol. The van der Waals surface area contributed by atoms with Crippen LogP contribution in [0.4, 0.5) is 10.5 Å². The predicted molar refractivity (Wildman–Crippen MR) is 91.6 cm³/mol. The molecule has 2 aliphatic rings. The van der Waals surface area contributed by atoms with Gasteiger partial charge in [0, 0.05) is 45.3 Å². The molecule has 7 nitrogen and oxygen atoms in total. The molecule has 0 unspecified atom stereocenters. The summed E-state index contributed by atoms with van der Waals surface area (Å²) in [6.45, 7) is 3.10. The Bertz CT molecular complexity index is 596. The summed E-state index contributed by atoms with van der Waals surface area (Å²) >= 11 is 0. The number of amides is 3. The summed E-state index contributed by atoms with van der Waals surface area (Å²) in [6.07, 6.45) is 9.67. The molecule has 1 aromatic rings. The molecule has 2 fully saturated rings. The van der Waals surface area contributed by atoms with Crippen LogP contribution in [-0.2, 0) is 11.8 Å². The lowest BCUT2D eigenvalue weighted by molar-refractivity contribution is -0.136. The van der Waals surface area contributed by atoms with E-state index in [0.29, 0.717) is 18.3 Å². The number of anilines is 1. The Labute approximate surface area is 143 Å². The van der Waals surface area contributed by atoms with Gasteiger partial charge in [0.1, 0.15) is 0 Å². The first-order chi connectivity index (χ1) is 11.5. The van der Waals surface area contributed by atoms with Crippen molar-refractivity contribution in [3.63, 3.8) is 0 Å². The lowest BCUT2D eigenvalue weighted by atomic mass is 9.89. The zero-order chi connectivity index (χ0) is 17.1. The largest absolute Gasteiger partial charge is 0.337 e. The quantitative estimate of drug-likeness (QED) is 0.922. The second kappa shape index (κ2) is 7.23. The van der Waals surface area contributed by atoms with E-state index < -0.39 is 0 Å². The van der Waals surface area contributed by atoms with E-state index in [1.54, 1.807) is 24.0 Å². The molecule has 1 N–H and O–H groups in total. The van der Waals surface area contributed by atoms with Crippen LogP contribution >= 0.6 is 0 Å². The van der Waals surface area contributed by atoms with Gasteiger partial charge >= 0.3 is 6.03 Å². The van der Waals surface area contributed by atoms with Crippen LogP contribution in [0.3, 0.4) is 0 Å². The van der Waals surface area contributed by atoms with Crippen molar-refractivity contribution < 1.29 is 9.59 Å². The number of carbonyl (C=O) groups is 2. The highest BCUT2D eigenvalue weighted by atomic mass is 16.2. The Hall–Kier alpha value is -2.05. The van der Waals surface area contributed by atoms with Gasteiger partial charge in [0.25, 0.3) is 0 Å². The smallest absolute Gasteiger partial charge is 0.321 e. The second-order valence-electron chi connectivity index (χ2n) is 6.92. The zero-order valence-corrected chi connectivity index (χ0v) is 14.6. The molecule has 0 radical (unpaired) electrons. The fourth-order valence-corrected chi connectivity index (χ4v) is 3.73. The van der Waals surface area contributed by atoms with E-state index in [1.165, 1.54) is 6.42 Å². The van der Waals surface area contributed by atoms with Gasteiger partial charge in [0.15, 0.2) is 0 Å². The van der Waals surface area contributed by atoms with Gasteiger partial charge < -0.3 is 15.1 Å². The third-order valence-corrected chi connectivity index (χ3v) is 5.17. The average molecular weight is 333 g/mol. The first-order valence-electron chi connectivity index (χ1n) is 8.88. The van der Waals surface area contributed by atoms with E-state index >= 15 is 0 Å². The molecule has 1 atom stereocenters. The van der Waals surface area contributed by atoms with Crippen LogP contribution in [0.15, 0.2) is 12.4 Å². The lowest BCUT2D eigenvalue weighted by Crippen LogP contribution is -2.49. The molecule has 1 aliphatic carbocycles. The SMILES string of the molecule is CC(=O)N(C1CCC1)[C@H]1CCCN(C(=O)Nc2cnn(C)c2)CC1. The topological polar surface area (TPSA) is 70.5 Å². The number of aryl methyl sites for hydroxylation is 1. The van der Waals surface area contributed by atoms with Crippen molar-refractivity contribution in [3.05, 3.63) is 12.4 Å². The maximum absolute atomic E-state index is 12.4. The van der Waals surface area contributed by atoms with E-state index in [0.717, 1.165) is 38.6 Å². The maximum Gasteiger partial charge on any atom is 0.321 e. The zero-order valence-electron chi connectivity index (χ0n) is 14.6. The van der Waals surface area contributed by atoms with Gasteiger partial charge in [-0.2, -0.15) is 5.10 Å². The third-order valence-electron chi connectivity index (χ3n) is 5.17. The molecule has 1 saturated heterocycles. The Morgan fingerprint density at radius 1 is 1.17 bits per heavy atom. The van der Waals surface area contributed by atoms with Crippen LogP contribution in [0, 0.1) is 0 Å². The molecule has 0 aromatic carbocycles. The summed E-state index contributed by atoms with van der Waals surface area (Å²) in [5.41, 5.74) is 0.711. The molecule has 3 rings (SSSR count). The summed E-state index contributed by atoms with van der Waals surface area (Å²) < 4.78 is 1.66. The Morgan fingerprint density at radius 3 is 2.46 bits per heavy atom. The first-order valence-corrected chi connectivity index (χ1v) is 8.88. The molecule has 7 heteroatoms. The van der Waals surface area contributed by atoms with Crippen LogP contribution in [-0.4, -0.2) is 56.7 Å². The number of likely N-dealkylation sites (tertiary alicyclic amines) is 1. The fourth-order valence-electron chi connectivity index (χ4n) is 3.73. The number of nitrogens with one attached hydrogen (secondary N) is 1. The fraction of sp³-hybridized carbons (Fsp3) is 0.706. The Kier molecular flexibility index (Phi) is 5.06. The highest BCUT2D eigenvalue weighted by Gasteiger charge is 2.33. The van der Waals surface area contributed by atoms with Crippen LogP contribution in [0.2, 0.25) is 0 Å². The Morgan fingerprint density at radius 2 is 1.88 bits per heavy atom. The normalized spacial score (nSPS) is 21.8. The first kappa shape index (κ1) is 16.8. The number of nitrogens with zero attached hydrogens (tertiary/aromatic N) is 4. The van der Waals surface area contributed by atoms with Gasteiger partial charge in [-0.3, -0.25) is 9.48 Å². The highest BCUT2D eigenvalue weighted by molar-refractivity contribution is 5.89. The van der Waals surface area contributed by atoms with Crippen LogP contribution in [0.1, 0.15) is 45.4 Å². The third kappa shape index (κ3) is 3.71. The molecule has 1 aromatic heterocycles. The minimum absolute atomic E-state index is 0.0818. The van der Waals surface area contributed by atoms with Crippen molar-refractivity contribution in [1.82, 2.24) is 19.6 Å². The molecule has 1 saturated carbocycles. The second-order valence-corrected chi connectivity index (χ2v) is 6.92. The van der Waals surface area contributed by atoms with Gasteiger partial charge in [0.05, 0.1) is 11.9 Å². The number of rotatable bonds is 3. The van der Waals surface area contributed by atoms with Crippen molar-refractivity contribution in [2.45, 2.75) is 57.5 Å². The van der Waals surface area contributed by atoms with Crippen LogP contribution in [0.25, 0.3) is 0 Å². The summed E-state index contributed by atoms with van der Waals surface area (Å²) in [5.74, 6) is 0.179. The summed E-state index contributed by atoms with van der Waals surface area (Å²) in [7, 11) is 1.82. The number of urea groups is 1. The van der Waals surface area contributed by atoms with Crippen molar-refractivity contribution in [1.29, 1.82) is 0 Å². The van der Waals surface area contributed by atoms with Crippen molar-refractivity contribution in [2.75, 3.05) is 18.4 Å². The van der Waals surface area contributed by atoms with Gasteiger partial charge in [-0.25, -0.2) is 4.79 Å². The minimum atomic E-state index is -0.0818. The van der Waals surface area contributed by atoms with Gasteiger partial charge in [-0.1, -0.05) is 0 Å². The maximum atomic E-state index is 12.4. The van der Waals surface area contributed by atoms with Crippen LogP contribution in [0.5, 0.6) is 0 Å². The summed E-state index contributed by atoms with van der Waals surface area (Å²) in [6, 6.07) is 0.605. The molecule has 132 valence electrons. The number of hydrogen-bond donors (Lipinski definition) is 1. The van der Waals surface area contributed by atoms with E-state index in [4.69, 9.17) is 0 Å². The average Bonchev–Trinajstić information content (AvgIpc) is 2.75. The molecular weight excluding hydrogens is 306 g/mol. The lowest BCUT2D eigenvalue weighted by Gasteiger charge is -2.42. The van der Waals surface area contributed by atoms with Crippen LogP contribution < -0.4 is 5.32 Å². The van der Waals surface area contributed by atoms with E-state index in [2.05, 4.69) is 15.3 Å². The molecule has 2 heterocycles. The van der Waals surface area contributed by atoms with Crippen molar-refractivity contribution >= 4 is 17.6 Å². The number of hydrogen-bond acceptors (Lipinski definition) is 3. The summed E-state index contributed by atoms with van der Waals surface area (Å²) in [5, 5.41) is 6.96. The van der Waals surface area contributed by atoms with Gasteiger partial charge in [-0.05, 0) is 38.5 Å². The molecule has 3 amide bonds. The van der Waals surface area contributed by atoms with E-state index in [9.17, 15) is 9.59 Å². The standard InChI is InChI=1S/C17H27N5O2/c1-13(23)22(15-5-3-6-15)16-7-4-9-21(10-8-16)17(24)19-14-11-18-20(2)12-14/h11-12,15-16H,3-10H2,1-2H3,(H,19,24)/t16-/m0/s1. The molecule has 1 aliphatic heterocycles. The minimum Gasteiger partial charge on any atom is -0.337 e. The summed E-state index contributed by atoms with van der Waals surface area (Å²) in [4.78, 5) is 28.5. The van der Waals surface area contributed by atoms with E-state index in [-0.39, 0.29) is 18.0 Å².